The van der Waals surface area contributed by atoms with E-state index in [4.69, 9.17) is 9.15 Å². The second-order valence-corrected chi connectivity index (χ2v) is 10.6. The number of ether oxygens (including phenoxy) is 1. The SMILES string of the molecule is CC12CCC(O)CC1CCC1C2C(=O)OC12CCC(c1ccc(=O)oc1)C2(C)C(=O)O. The van der Waals surface area contributed by atoms with E-state index in [1.165, 1.54) is 12.3 Å². The Labute approximate surface area is 180 Å². The zero-order valence-corrected chi connectivity index (χ0v) is 18.0. The van der Waals surface area contributed by atoms with Crippen LogP contribution in [0.2, 0.25) is 0 Å². The van der Waals surface area contributed by atoms with Crippen LogP contribution in [0.4, 0.5) is 0 Å². The Hall–Kier alpha value is -2.15. The Morgan fingerprint density at radius 1 is 1.10 bits per heavy atom. The summed E-state index contributed by atoms with van der Waals surface area (Å²) in [7, 11) is 0. The summed E-state index contributed by atoms with van der Waals surface area (Å²) < 4.78 is 11.2. The van der Waals surface area contributed by atoms with Gasteiger partial charge in [0, 0.05) is 17.9 Å². The van der Waals surface area contributed by atoms with Gasteiger partial charge in [0.2, 0.25) is 0 Å². The Morgan fingerprint density at radius 2 is 1.87 bits per heavy atom. The van der Waals surface area contributed by atoms with Gasteiger partial charge in [0.1, 0.15) is 11.0 Å². The minimum atomic E-state index is -1.32. The van der Waals surface area contributed by atoms with E-state index in [0.717, 1.165) is 19.3 Å². The second-order valence-electron chi connectivity index (χ2n) is 10.6. The molecule has 0 bridgehead atoms. The molecule has 168 valence electrons. The predicted molar refractivity (Wildman–Crippen MR) is 109 cm³/mol. The Kier molecular flexibility index (Phi) is 4.46. The van der Waals surface area contributed by atoms with E-state index in [2.05, 4.69) is 6.92 Å². The summed E-state index contributed by atoms with van der Waals surface area (Å²) in [6.45, 7) is 3.84. The minimum Gasteiger partial charge on any atom is -0.481 e. The van der Waals surface area contributed by atoms with Crippen LogP contribution in [0.15, 0.2) is 27.6 Å². The van der Waals surface area contributed by atoms with Crippen LogP contribution in [0.25, 0.3) is 0 Å². The van der Waals surface area contributed by atoms with Gasteiger partial charge < -0.3 is 19.4 Å². The lowest BCUT2D eigenvalue weighted by Gasteiger charge is -2.53. The van der Waals surface area contributed by atoms with Gasteiger partial charge in [-0.2, -0.15) is 0 Å². The number of esters is 1. The highest BCUT2D eigenvalue weighted by atomic mass is 16.6. The van der Waals surface area contributed by atoms with Crippen LogP contribution in [0.3, 0.4) is 0 Å². The van der Waals surface area contributed by atoms with E-state index < -0.39 is 28.5 Å². The van der Waals surface area contributed by atoms with Crippen molar-refractivity contribution < 1.29 is 29.0 Å². The van der Waals surface area contributed by atoms with Crippen molar-refractivity contribution >= 4 is 11.9 Å². The number of carbonyl (C=O) groups excluding carboxylic acids is 1. The Morgan fingerprint density at radius 3 is 2.55 bits per heavy atom. The van der Waals surface area contributed by atoms with Crippen LogP contribution in [0, 0.1) is 28.6 Å². The molecule has 0 radical (unpaired) electrons. The van der Waals surface area contributed by atoms with Crippen LogP contribution < -0.4 is 5.63 Å². The molecule has 3 aliphatic carbocycles. The molecule has 0 aromatic carbocycles. The molecule has 8 unspecified atom stereocenters. The molecule has 1 aliphatic heterocycles. The van der Waals surface area contributed by atoms with Gasteiger partial charge in [0.15, 0.2) is 0 Å². The zero-order valence-electron chi connectivity index (χ0n) is 18.0. The highest BCUT2D eigenvalue weighted by Crippen LogP contribution is 2.69. The summed E-state index contributed by atoms with van der Waals surface area (Å²) in [4.78, 5) is 37.6. The van der Waals surface area contributed by atoms with Crippen LogP contribution in [-0.2, 0) is 14.3 Å². The van der Waals surface area contributed by atoms with Gasteiger partial charge in [-0.05, 0) is 74.8 Å². The molecule has 1 aromatic rings. The topological polar surface area (TPSA) is 114 Å². The van der Waals surface area contributed by atoms with Gasteiger partial charge in [-0.3, -0.25) is 9.59 Å². The Bertz CT molecular complexity index is 964. The van der Waals surface area contributed by atoms with Crippen molar-refractivity contribution in [3.05, 3.63) is 34.4 Å². The molecule has 2 heterocycles. The molecule has 2 N–H and O–H groups in total. The fraction of sp³-hybridized carbons (Fsp3) is 0.708. The van der Waals surface area contributed by atoms with Gasteiger partial charge >= 0.3 is 17.6 Å². The number of fused-ring (bicyclic) bond motifs is 4. The van der Waals surface area contributed by atoms with Crippen molar-refractivity contribution in [1.82, 2.24) is 0 Å². The molecule has 1 saturated heterocycles. The summed E-state index contributed by atoms with van der Waals surface area (Å²) in [5.74, 6) is -1.94. The summed E-state index contributed by atoms with van der Waals surface area (Å²) in [6.07, 6.45) is 5.76. The largest absolute Gasteiger partial charge is 0.481 e. The van der Waals surface area contributed by atoms with E-state index in [-0.39, 0.29) is 35.2 Å². The van der Waals surface area contributed by atoms with E-state index in [0.29, 0.717) is 31.2 Å². The number of aliphatic hydroxyl groups excluding tert-OH is 1. The number of aliphatic carboxylic acids is 1. The standard InChI is InChI=1S/C24H30O7/c1-22-9-7-15(25)11-14(22)4-5-17-19(22)20(27)31-24(17)10-8-16(23(24,2)21(28)29)13-3-6-18(26)30-12-13/h3,6,12,14-17,19,25H,4-5,7-11H2,1-2H3,(H,28,29). The van der Waals surface area contributed by atoms with Gasteiger partial charge in [-0.15, -0.1) is 0 Å². The van der Waals surface area contributed by atoms with Gasteiger partial charge in [0.05, 0.1) is 18.3 Å². The number of rotatable bonds is 2. The summed E-state index contributed by atoms with van der Waals surface area (Å²) >= 11 is 0. The molecule has 0 amide bonds. The van der Waals surface area contributed by atoms with Crippen molar-refractivity contribution in [3.63, 3.8) is 0 Å². The van der Waals surface area contributed by atoms with Crippen LogP contribution in [0.1, 0.15) is 70.3 Å². The smallest absolute Gasteiger partial charge is 0.335 e. The molecule has 5 rings (SSSR count). The first kappa shape index (κ1) is 20.7. The number of hydrogen-bond donors (Lipinski definition) is 2. The predicted octanol–water partition coefficient (Wildman–Crippen LogP) is 3.10. The number of carboxylic acid groups (broad SMARTS) is 1. The van der Waals surface area contributed by atoms with E-state index in [9.17, 15) is 24.6 Å². The van der Waals surface area contributed by atoms with Crippen molar-refractivity contribution in [2.75, 3.05) is 0 Å². The summed E-state index contributed by atoms with van der Waals surface area (Å²) in [5, 5.41) is 20.7. The number of carbonyl (C=O) groups is 2. The normalized spacial score (nSPS) is 46.4. The fourth-order valence-corrected chi connectivity index (χ4v) is 7.84. The van der Waals surface area contributed by atoms with Gasteiger partial charge in [0.25, 0.3) is 0 Å². The highest BCUT2D eigenvalue weighted by molar-refractivity contribution is 5.83. The van der Waals surface area contributed by atoms with Crippen LogP contribution in [-0.4, -0.2) is 33.9 Å². The molecule has 7 heteroatoms. The molecule has 1 aromatic heterocycles. The lowest BCUT2D eigenvalue weighted by atomic mass is 9.49. The first-order valence-corrected chi connectivity index (χ1v) is 11.4. The van der Waals surface area contributed by atoms with Crippen molar-refractivity contribution in [1.29, 1.82) is 0 Å². The third-order valence-electron chi connectivity index (χ3n) is 9.53. The van der Waals surface area contributed by atoms with E-state index in [1.54, 1.807) is 13.0 Å². The third kappa shape index (κ3) is 2.58. The molecule has 7 nitrogen and oxygen atoms in total. The zero-order chi connectivity index (χ0) is 22.2. The molecule has 31 heavy (non-hydrogen) atoms. The third-order valence-corrected chi connectivity index (χ3v) is 9.53. The lowest BCUT2D eigenvalue weighted by molar-refractivity contribution is -0.178. The van der Waals surface area contributed by atoms with Gasteiger partial charge in [-0.25, -0.2) is 4.79 Å². The minimum absolute atomic E-state index is 0.168. The number of aliphatic hydroxyl groups is 1. The summed E-state index contributed by atoms with van der Waals surface area (Å²) in [5.41, 5.74) is -2.50. The first-order valence-electron chi connectivity index (χ1n) is 11.4. The van der Waals surface area contributed by atoms with Crippen molar-refractivity contribution in [2.45, 2.75) is 76.4 Å². The molecular formula is C24H30O7. The van der Waals surface area contributed by atoms with E-state index in [1.807, 2.05) is 0 Å². The van der Waals surface area contributed by atoms with Crippen molar-refractivity contribution in [3.8, 4) is 0 Å². The number of carboxylic acids is 1. The van der Waals surface area contributed by atoms with Crippen molar-refractivity contribution in [2.24, 2.45) is 28.6 Å². The fourth-order valence-electron chi connectivity index (χ4n) is 7.84. The first-order chi connectivity index (χ1) is 14.6. The van der Waals surface area contributed by atoms with E-state index >= 15 is 0 Å². The maximum atomic E-state index is 13.4. The van der Waals surface area contributed by atoms with Crippen LogP contribution in [0.5, 0.6) is 0 Å². The monoisotopic (exact) mass is 430 g/mol. The second kappa shape index (κ2) is 6.67. The molecule has 4 aliphatic rings. The van der Waals surface area contributed by atoms with Gasteiger partial charge in [-0.1, -0.05) is 6.92 Å². The molecule has 3 saturated carbocycles. The quantitative estimate of drug-likeness (QED) is 0.693. The molecule has 8 atom stereocenters. The molecular weight excluding hydrogens is 400 g/mol. The average Bonchev–Trinajstić information content (AvgIpc) is 3.19. The summed E-state index contributed by atoms with van der Waals surface area (Å²) in [6, 6.07) is 2.94. The lowest BCUT2D eigenvalue weighted by Crippen LogP contribution is -2.57. The average molecular weight is 430 g/mol. The molecule has 1 spiro atoms. The van der Waals surface area contributed by atoms with Crippen LogP contribution >= 0.6 is 0 Å². The maximum absolute atomic E-state index is 13.4. The molecule has 4 fully saturated rings. The highest BCUT2D eigenvalue weighted by Gasteiger charge is 2.75. The maximum Gasteiger partial charge on any atom is 0.335 e. The Balaban J connectivity index is 1.58. The number of hydrogen-bond acceptors (Lipinski definition) is 6.